The Morgan fingerprint density at radius 1 is 0.935 bits per heavy atom. The average Bonchev–Trinajstić information content (AvgIpc) is 3.34. The van der Waals surface area contributed by atoms with Gasteiger partial charge in [0.1, 0.15) is 0 Å². The summed E-state index contributed by atoms with van der Waals surface area (Å²) in [5.41, 5.74) is 0.448. The zero-order valence-electron chi connectivity index (χ0n) is 17.8. The number of piperazine rings is 1. The highest BCUT2D eigenvalue weighted by Crippen LogP contribution is 2.32. The predicted molar refractivity (Wildman–Crippen MR) is 120 cm³/mol. The van der Waals surface area contributed by atoms with Crippen molar-refractivity contribution < 1.29 is 14.5 Å². The van der Waals surface area contributed by atoms with Crippen molar-refractivity contribution in [2.75, 3.05) is 50.8 Å². The van der Waals surface area contributed by atoms with E-state index in [0.717, 1.165) is 37.4 Å². The molecule has 2 amide bonds. The summed E-state index contributed by atoms with van der Waals surface area (Å²) in [6, 6.07) is 5.71. The summed E-state index contributed by atoms with van der Waals surface area (Å²) >= 11 is 1.91. The van der Waals surface area contributed by atoms with Crippen LogP contribution in [0.15, 0.2) is 24.3 Å². The quantitative estimate of drug-likeness (QED) is 0.510. The first-order valence-electron chi connectivity index (χ1n) is 11.2. The largest absolute Gasteiger partial charge is 0.340 e. The molecule has 31 heavy (non-hydrogen) atoms. The van der Waals surface area contributed by atoms with Gasteiger partial charge in [-0.3, -0.25) is 24.6 Å². The van der Waals surface area contributed by atoms with Crippen molar-refractivity contribution in [1.82, 2.24) is 14.7 Å². The lowest BCUT2D eigenvalue weighted by Crippen LogP contribution is -2.59. The molecule has 0 spiro atoms. The number of amides is 2. The van der Waals surface area contributed by atoms with Crippen LogP contribution in [-0.4, -0.2) is 88.3 Å². The Kier molecular flexibility index (Phi) is 7.12. The fourth-order valence-electron chi connectivity index (χ4n) is 5.01. The van der Waals surface area contributed by atoms with Crippen LogP contribution in [-0.2, 0) is 4.79 Å². The fourth-order valence-corrected chi connectivity index (χ4v) is 5.91. The molecule has 168 valence electrons. The highest BCUT2D eigenvalue weighted by Gasteiger charge is 2.39. The number of thioether (sulfide) groups is 1. The molecule has 2 heterocycles. The smallest absolute Gasteiger partial charge is 0.269 e. The predicted octanol–water partition coefficient (Wildman–Crippen LogP) is 2.49. The second kappa shape index (κ2) is 9.99. The number of hydrogen-bond donors (Lipinski definition) is 0. The third-order valence-electron chi connectivity index (χ3n) is 6.74. The summed E-state index contributed by atoms with van der Waals surface area (Å²) in [6.07, 6.45) is 4.62. The number of benzene rings is 1. The highest BCUT2D eigenvalue weighted by molar-refractivity contribution is 7.99. The summed E-state index contributed by atoms with van der Waals surface area (Å²) in [7, 11) is 0. The monoisotopic (exact) mass is 446 g/mol. The fraction of sp³-hybridized carbons (Fsp3) is 0.636. The van der Waals surface area contributed by atoms with E-state index in [1.807, 2.05) is 16.7 Å². The van der Waals surface area contributed by atoms with Crippen molar-refractivity contribution in [3.63, 3.8) is 0 Å². The zero-order valence-corrected chi connectivity index (χ0v) is 18.6. The Hall–Kier alpha value is -2.13. The van der Waals surface area contributed by atoms with Crippen LogP contribution < -0.4 is 0 Å². The van der Waals surface area contributed by atoms with Gasteiger partial charge in [0, 0.05) is 68.5 Å². The molecule has 0 radical (unpaired) electrons. The number of nitro groups is 1. The normalized spacial score (nSPS) is 21.8. The first kappa shape index (κ1) is 22.1. The molecule has 2 aliphatic heterocycles. The van der Waals surface area contributed by atoms with Crippen LogP contribution in [0.5, 0.6) is 0 Å². The van der Waals surface area contributed by atoms with E-state index in [1.54, 1.807) is 4.90 Å². The van der Waals surface area contributed by atoms with Gasteiger partial charge in [-0.05, 0) is 30.9 Å². The number of non-ortho nitro benzene ring substituents is 1. The Labute approximate surface area is 187 Å². The number of nitrogens with zero attached hydrogens (tertiary/aromatic N) is 4. The van der Waals surface area contributed by atoms with Gasteiger partial charge in [-0.15, -0.1) is 0 Å². The van der Waals surface area contributed by atoms with Crippen molar-refractivity contribution in [2.24, 2.45) is 5.92 Å². The molecule has 1 saturated carbocycles. The van der Waals surface area contributed by atoms with Crippen LogP contribution in [0, 0.1) is 16.0 Å². The van der Waals surface area contributed by atoms with Gasteiger partial charge in [0.2, 0.25) is 5.91 Å². The van der Waals surface area contributed by atoms with Crippen molar-refractivity contribution in [3.05, 3.63) is 39.9 Å². The van der Waals surface area contributed by atoms with E-state index in [2.05, 4.69) is 4.90 Å². The third kappa shape index (κ3) is 5.03. The number of nitro benzene ring substituents is 1. The van der Waals surface area contributed by atoms with Crippen LogP contribution >= 0.6 is 11.8 Å². The average molecular weight is 447 g/mol. The van der Waals surface area contributed by atoms with Gasteiger partial charge in [0.05, 0.1) is 11.0 Å². The Bertz CT molecular complexity index is 798. The molecule has 0 N–H and O–H groups in total. The second-order valence-corrected chi connectivity index (χ2v) is 9.78. The molecule has 3 fully saturated rings. The molecule has 4 rings (SSSR count). The molecular formula is C22H30N4O4S. The molecule has 3 aliphatic rings. The first-order chi connectivity index (χ1) is 15.0. The molecule has 1 aromatic rings. The maximum atomic E-state index is 13.4. The maximum absolute atomic E-state index is 13.4. The van der Waals surface area contributed by atoms with Gasteiger partial charge in [0.15, 0.2) is 0 Å². The minimum absolute atomic E-state index is 0.0181. The third-order valence-corrected chi connectivity index (χ3v) is 7.68. The van der Waals surface area contributed by atoms with Gasteiger partial charge in [0.25, 0.3) is 11.6 Å². The standard InChI is InChI=1S/C22H30N4O4S/c27-21(18-5-7-19(8-6-18)26(29)30)24-11-9-23(10-12-24)20(17-3-1-2-4-17)22(28)25-13-15-31-16-14-25/h5-8,17,20H,1-4,9-16H2. The summed E-state index contributed by atoms with van der Waals surface area (Å²) in [5.74, 6) is 2.62. The summed E-state index contributed by atoms with van der Waals surface area (Å²) in [5, 5.41) is 10.8. The molecule has 0 aromatic heterocycles. The number of rotatable bonds is 5. The Balaban J connectivity index is 1.40. The van der Waals surface area contributed by atoms with Crippen molar-refractivity contribution >= 4 is 29.3 Å². The molecule has 0 bridgehead atoms. The molecule has 9 heteroatoms. The van der Waals surface area contributed by atoms with Crippen LogP contribution in [0.4, 0.5) is 5.69 Å². The van der Waals surface area contributed by atoms with Gasteiger partial charge in [-0.25, -0.2) is 0 Å². The van der Waals surface area contributed by atoms with Gasteiger partial charge in [-0.1, -0.05) is 12.8 Å². The van der Waals surface area contributed by atoms with Gasteiger partial charge < -0.3 is 9.80 Å². The Morgan fingerprint density at radius 2 is 1.55 bits per heavy atom. The van der Waals surface area contributed by atoms with Crippen LogP contribution in [0.1, 0.15) is 36.0 Å². The van der Waals surface area contributed by atoms with E-state index >= 15 is 0 Å². The minimum atomic E-state index is -0.464. The minimum Gasteiger partial charge on any atom is -0.340 e. The number of carbonyl (C=O) groups excluding carboxylic acids is 2. The maximum Gasteiger partial charge on any atom is 0.269 e. The lowest BCUT2D eigenvalue weighted by Gasteiger charge is -2.43. The molecular weight excluding hydrogens is 416 g/mol. The van der Waals surface area contributed by atoms with Crippen LogP contribution in [0.25, 0.3) is 0 Å². The topological polar surface area (TPSA) is 87.0 Å². The van der Waals surface area contributed by atoms with E-state index in [1.165, 1.54) is 37.1 Å². The van der Waals surface area contributed by atoms with E-state index in [0.29, 0.717) is 37.7 Å². The molecule has 1 atom stereocenters. The van der Waals surface area contributed by atoms with Crippen molar-refractivity contribution in [2.45, 2.75) is 31.7 Å². The van der Waals surface area contributed by atoms with Crippen molar-refractivity contribution in [3.8, 4) is 0 Å². The van der Waals surface area contributed by atoms with E-state index in [4.69, 9.17) is 0 Å². The summed E-state index contributed by atoms with van der Waals surface area (Å²) in [6.45, 7) is 4.20. The Morgan fingerprint density at radius 3 is 2.13 bits per heavy atom. The SMILES string of the molecule is O=C(c1ccc([N+](=O)[O-])cc1)N1CCN(C(C(=O)N2CCSCC2)C2CCCC2)CC1. The summed E-state index contributed by atoms with van der Waals surface area (Å²) in [4.78, 5) is 42.8. The molecule has 8 nitrogen and oxygen atoms in total. The van der Waals surface area contributed by atoms with E-state index < -0.39 is 4.92 Å². The molecule has 2 saturated heterocycles. The molecule has 1 unspecified atom stereocenters. The van der Waals surface area contributed by atoms with Gasteiger partial charge >= 0.3 is 0 Å². The van der Waals surface area contributed by atoms with Crippen LogP contribution in [0.3, 0.4) is 0 Å². The molecule has 1 aliphatic carbocycles. The van der Waals surface area contributed by atoms with Crippen LogP contribution in [0.2, 0.25) is 0 Å². The lowest BCUT2D eigenvalue weighted by atomic mass is 9.94. The van der Waals surface area contributed by atoms with Gasteiger partial charge in [-0.2, -0.15) is 11.8 Å². The highest BCUT2D eigenvalue weighted by atomic mass is 32.2. The van der Waals surface area contributed by atoms with E-state index in [9.17, 15) is 19.7 Å². The summed E-state index contributed by atoms with van der Waals surface area (Å²) < 4.78 is 0. The number of carbonyl (C=O) groups is 2. The number of hydrogen-bond acceptors (Lipinski definition) is 6. The first-order valence-corrected chi connectivity index (χ1v) is 12.3. The lowest BCUT2D eigenvalue weighted by molar-refractivity contribution is -0.384. The zero-order chi connectivity index (χ0) is 21.8. The molecule has 1 aromatic carbocycles. The second-order valence-electron chi connectivity index (χ2n) is 8.56. The van der Waals surface area contributed by atoms with E-state index in [-0.39, 0.29) is 23.5 Å². The van der Waals surface area contributed by atoms with Crippen molar-refractivity contribution in [1.29, 1.82) is 0 Å².